The first-order valence-corrected chi connectivity index (χ1v) is 9.07. The van der Waals surface area contributed by atoms with Crippen molar-refractivity contribution in [1.29, 1.82) is 0 Å². The van der Waals surface area contributed by atoms with E-state index in [1.165, 1.54) is 47.5 Å². The molecular formula is C17H23N3S. The Morgan fingerprint density at radius 1 is 1.43 bits per heavy atom. The monoisotopic (exact) mass is 301 g/mol. The van der Waals surface area contributed by atoms with E-state index in [1.54, 1.807) is 0 Å². The number of hydrogen-bond acceptors (Lipinski definition) is 3. The molecule has 0 bridgehead atoms. The van der Waals surface area contributed by atoms with E-state index >= 15 is 0 Å². The largest absolute Gasteiger partial charge is 0.384 e. The number of nitrogens with one attached hydrogen (secondary N) is 1. The highest BCUT2D eigenvalue weighted by molar-refractivity contribution is 7.98. The van der Waals surface area contributed by atoms with Gasteiger partial charge in [-0.2, -0.15) is 11.8 Å². The van der Waals surface area contributed by atoms with Crippen LogP contribution < -0.4 is 5.32 Å². The smallest absolute Gasteiger partial charge is 0.0953 e. The van der Waals surface area contributed by atoms with E-state index in [1.807, 2.05) is 24.3 Å². The van der Waals surface area contributed by atoms with Crippen molar-refractivity contribution in [2.24, 2.45) is 0 Å². The van der Waals surface area contributed by atoms with E-state index in [9.17, 15) is 0 Å². The molecule has 3 nitrogen and oxygen atoms in total. The molecule has 4 heteroatoms. The highest BCUT2D eigenvalue weighted by Crippen LogP contribution is 2.35. The van der Waals surface area contributed by atoms with E-state index in [2.05, 4.69) is 46.2 Å². The average Bonchev–Trinajstić information content (AvgIpc) is 3.01. The van der Waals surface area contributed by atoms with Crippen LogP contribution in [0.3, 0.4) is 0 Å². The Morgan fingerprint density at radius 2 is 2.33 bits per heavy atom. The van der Waals surface area contributed by atoms with Crippen molar-refractivity contribution in [2.45, 2.75) is 32.2 Å². The van der Waals surface area contributed by atoms with Crippen molar-refractivity contribution in [3.63, 3.8) is 0 Å². The molecule has 1 N–H and O–H groups in total. The third-order valence-corrected chi connectivity index (χ3v) is 4.88. The number of rotatable bonds is 5. The summed E-state index contributed by atoms with van der Waals surface area (Å²) in [4.78, 5) is 4.40. The van der Waals surface area contributed by atoms with Crippen molar-refractivity contribution >= 4 is 17.4 Å². The highest BCUT2D eigenvalue weighted by Gasteiger charge is 2.17. The van der Waals surface area contributed by atoms with Gasteiger partial charge in [-0.15, -0.1) is 0 Å². The van der Waals surface area contributed by atoms with Gasteiger partial charge in [0.15, 0.2) is 0 Å². The van der Waals surface area contributed by atoms with Gasteiger partial charge in [-0.25, -0.2) is 4.98 Å². The fourth-order valence-corrected chi connectivity index (χ4v) is 3.59. The zero-order valence-corrected chi connectivity index (χ0v) is 13.6. The number of fused-ring (bicyclic) bond motifs is 1. The maximum atomic E-state index is 4.40. The summed E-state index contributed by atoms with van der Waals surface area (Å²) < 4.78 is 2.32. The molecule has 0 spiro atoms. The van der Waals surface area contributed by atoms with E-state index in [0.717, 1.165) is 6.54 Å². The number of nitrogens with zero attached hydrogens (tertiary/aromatic N) is 2. The zero-order chi connectivity index (χ0) is 14.7. The first kappa shape index (κ1) is 14.5. The van der Waals surface area contributed by atoms with Gasteiger partial charge in [0.2, 0.25) is 0 Å². The topological polar surface area (TPSA) is 29.9 Å². The van der Waals surface area contributed by atoms with Crippen LogP contribution in [0.1, 0.15) is 31.4 Å². The summed E-state index contributed by atoms with van der Waals surface area (Å²) in [6, 6.07) is 7.11. The molecule has 112 valence electrons. The third kappa shape index (κ3) is 2.95. The van der Waals surface area contributed by atoms with Crippen LogP contribution in [0.2, 0.25) is 0 Å². The molecule has 0 fully saturated rings. The lowest BCUT2D eigenvalue weighted by Gasteiger charge is -2.23. The van der Waals surface area contributed by atoms with E-state index in [-0.39, 0.29) is 0 Å². The maximum absolute atomic E-state index is 4.40. The summed E-state index contributed by atoms with van der Waals surface area (Å²) in [5, 5.41) is 3.58. The van der Waals surface area contributed by atoms with Crippen molar-refractivity contribution < 1.29 is 0 Å². The molecule has 0 amide bonds. The van der Waals surface area contributed by atoms with Gasteiger partial charge in [-0.1, -0.05) is 18.2 Å². The molecule has 1 aromatic heterocycles. The van der Waals surface area contributed by atoms with Crippen LogP contribution in [0.15, 0.2) is 30.7 Å². The van der Waals surface area contributed by atoms with Crippen LogP contribution in [0.25, 0.3) is 11.3 Å². The number of anilines is 1. The Kier molecular flexibility index (Phi) is 4.54. The second-order valence-corrected chi connectivity index (χ2v) is 6.67. The summed E-state index contributed by atoms with van der Waals surface area (Å²) in [5.41, 5.74) is 5.27. The highest BCUT2D eigenvalue weighted by atomic mass is 32.2. The van der Waals surface area contributed by atoms with Crippen molar-refractivity contribution in [3.05, 3.63) is 36.3 Å². The van der Waals surface area contributed by atoms with Crippen molar-refractivity contribution in [2.75, 3.05) is 23.9 Å². The number of aryl methyl sites for hydroxylation is 1. The van der Waals surface area contributed by atoms with Gasteiger partial charge >= 0.3 is 0 Å². The van der Waals surface area contributed by atoms with Crippen LogP contribution in [-0.2, 0) is 6.42 Å². The van der Waals surface area contributed by atoms with Crippen LogP contribution >= 0.6 is 11.8 Å². The normalized spacial score (nSPS) is 15.3. The molecule has 2 heterocycles. The number of hydrogen-bond donors (Lipinski definition) is 1. The Morgan fingerprint density at radius 3 is 3.19 bits per heavy atom. The number of benzene rings is 1. The van der Waals surface area contributed by atoms with E-state index < -0.39 is 0 Å². The molecule has 1 aliphatic heterocycles. The summed E-state index contributed by atoms with van der Waals surface area (Å²) in [5.74, 6) is 1.18. The predicted molar refractivity (Wildman–Crippen MR) is 92.2 cm³/mol. The fraction of sp³-hybridized carbons (Fsp3) is 0.471. The van der Waals surface area contributed by atoms with Gasteiger partial charge < -0.3 is 9.88 Å². The second-order valence-electron chi connectivity index (χ2n) is 5.69. The molecular weight excluding hydrogens is 278 g/mol. The lowest BCUT2D eigenvalue weighted by atomic mass is 9.98. The fourth-order valence-electron chi connectivity index (χ4n) is 3.01. The first-order chi connectivity index (χ1) is 10.3. The van der Waals surface area contributed by atoms with Gasteiger partial charge in [-0.05, 0) is 43.8 Å². The minimum Gasteiger partial charge on any atom is -0.384 e. The number of para-hydroxylation sites is 1. The summed E-state index contributed by atoms with van der Waals surface area (Å²) >= 11 is 1.91. The first-order valence-electron chi connectivity index (χ1n) is 7.68. The number of imidazole rings is 1. The van der Waals surface area contributed by atoms with Crippen LogP contribution in [0.4, 0.5) is 5.69 Å². The standard InChI is InChI=1S/C17H23N3S/c1-13(8-10-21-2)20-12-18-11-16(20)15-7-3-5-14-6-4-9-19-17(14)15/h3,5,7,11-13,19H,4,6,8-10H2,1-2H3. The Bertz CT molecular complexity index is 606. The molecule has 1 unspecified atom stereocenters. The molecule has 21 heavy (non-hydrogen) atoms. The summed E-state index contributed by atoms with van der Waals surface area (Å²) in [7, 11) is 0. The Labute approximate surface area is 131 Å². The second kappa shape index (κ2) is 6.56. The lowest BCUT2D eigenvalue weighted by molar-refractivity contribution is 0.539. The lowest BCUT2D eigenvalue weighted by Crippen LogP contribution is -2.14. The molecule has 0 aliphatic carbocycles. The molecule has 2 aromatic rings. The van der Waals surface area contributed by atoms with Crippen LogP contribution in [-0.4, -0.2) is 28.1 Å². The minimum atomic E-state index is 0.481. The van der Waals surface area contributed by atoms with Crippen molar-refractivity contribution in [3.8, 4) is 11.3 Å². The molecule has 3 rings (SSSR count). The predicted octanol–water partition coefficient (Wildman–Crippen LogP) is 4.22. The van der Waals surface area contributed by atoms with Gasteiger partial charge in [0.1, 0.15) is 0 Å². The molecule has 0 radical (unpaired) electrons. The maximum Gasteiger partial charge on any atom is 0.0953 e. The molecule has 1 aromatic carbocycles. The quantitative estimate of drug-likeness (QED) is 0.896. The van der Waals surface area contributed by atoms with E-state index in [0.29, 0.717) is 6.04 Å². The SMILES string of the molecule is CSCCC(C)n1cncc1-c1cccc2c1NCCC2. The molecule has 0 saturated carbocycles. The van der Waals surface area contributed by atoms with Gasteiger partial charge in [-0.3, -0.25) is 0 Å². The third-order valence-electron chi connectivity index (χ3n) is 4.23. The summed E-state index contributed by atoms with van der Waals surface area (Å²) in [6.07, 6.45) is 9.71. The number of aromatic nitrogens is 2. The average molecular weight is 301 g/mol. The zero-order valence-electron chi connectivity index (χ0n) is 12.8. The van der Waals surface area contributed by atoms with Gasteiger partial charge in [0, 0.05) is 23.8 Å². The molecule has 1 atom stereocenters. The minimum absolute atomic E-state index is 0.481. The molecule has 1 aliphatic rings. The van der Waals surface area contributed by atoms with Gasteiger partial charge in [0.25, 0.3) is 0 Å². The Balaban J connectivity index is 1.96. The van der Waals surface area contributed by atoms with E-state index in [4.69, 9.17) is 0 Å². The Hall–Kier alpha value is -1.42. The summed E-state index contributed by atoms with van der Waals surface area (Å²) in [6.45, 7) is 3.35. The van der Waals surface area contributed by atoms with Crippen LogP contribution in [0, 0.1) is 0 Å². The number of thioether (sulfide) groups is 1. The van der Waals surface area contributed by atoms with Crippen molar-refractivity contribution in [1.82, 2.24) is 9.55 Å². The molecule has 0 saturated heterocycles. The van der Waals surface area contributed by atoms with Crippen LogP contribution in [0.5, 0.6) is 0 Å². The van der Waals surface area contributed by atoms with Gasteiger partial charge in [0.05, 0.1) is 18.2 Å².